The van der Waals surface area contributed by atoms with E-state index < -0.39 is 0 Å². The molecule has 0 radical (unpaired) electrons. The number of aromatic nitrogens is 2. The van der Waals surface area contributed by atoms with Crippen LogP contribution >= 0.6 is 0 Å². The first-order valence-corrected chi connectivity index (χ1v) is 9.43. The highest BCUT2D eigenvalue weighted by Gasteiger charge is 2.15. The van der Waals surface area contributed by atoms with Crippen LogP contribution in [0.4, 0.5) is 5.69 Å². The lowest BCUT2D eigenvalue weighted by molar-refractivity contribution is -0.119. The number of anilines is 1. The van der Waals surface area contributed by atoms with E-state index in [9.17, 15) is 4.79 Å². The van der Waals surface area contributed by atoms with Crippen LogP contribution in [-0.4, -0.2) is 59.8 Å². The van der Waals surface area contributed by atoms with Crippen molar-refractivity contribution in [3.8, 4) is 5.75 Å². The second-order valence-corrected chi connectivity index (χ2v) is 6.84. The summed E-state index contributed by atoms with van der Waals surface area (Å²) in [5, 5.41) is 2.96. The number of rotatable bonds is 8. The number of carbonyl (C=O) groups excluding carboxylic acids is 1. The Morgan fingerprint density at radius 3 is 2.70 bits per heavy atom. The quantitative estimate of drug-likeness (QED) is 0.769. The van der Waals surface area contributed by atoms with E-state index in [1.165, 1.54) is 0 Å². The number of nitrogens with one attached hydrogen (secondary N) is 1. The van der Waals surface area contributed by atoms with Crippen LogP contribution in [0.2, 0.25) is 0 Å². The standard InChI is InChI=1S/C20H28N4O3/c1-16(15-24-8-7-21-17(24)2)20(25)22-18-3-5-19(6-4-18)27-14-11-23-9-12-26-13-10-23/h3-8,16H,9-15H2,1-2H3,(H,22,25). The minimum atomic E-state index is -0.151. The molecule has 0 saturated carbocycles. The summed E-state index contributed by atoms with van der Waals surface area (Å²) in [5.74, 6) is 1.56. The van der Waals surface area contributed by atoms with Crippen LogP contribution in [0, 0.1) is 12.8 Å². The zero-order valence-electron chi connectivity index (χ0n) is 16.1. The van der Waals surface area contributed by atoms with Crippen LogP contribution in [-0.2, 0) is 16.1 Å². The second kappa shape index (κ2) is 9.53. The number of carbonyl (C=O) groups is 1. The minimum Gasteiger partial charge on any atom is -0.492 e. The zero-order chi connectivity index (χ0) is 19.1. The maximum absolute atomic E-state index is 12.4. The molecule has 1 aromatic heterocycles. The van der Waals surface area contributed by atoms with Crippen molar-refractivity contribution in [3.05, 3.63) is 42.5 Å². The molecule has 7 heteroatoms. The molecule has 0 bridgehead atoms. The van der Waals surface area contributed by atoms with Gasteiger partial charge in [0.25, 0.3) is 0 Å². The van der Waals surface area contributed by atoms with Gasteiger partial charge in [-0.15, -0.1) is 0 Å². The predicted octanol–water partition coefficient (Wildman–Crippen LogP) is 2.18. The first kappa shape index (κ1) is 19.4. The molecule has 1 aliphatic heterocycles. The number of ether oxygens (including phenoxy) is 2. The SMILES string of the molecule is Cc1nccn1CC(C)C(=O)Nc1ccc(OCCN2CCOCC2)cc1. The van der Waals surface area contributed by atoms with Crippen LogP contribution in [0.5, 0.6) is 5.75 Å². The van der Waals surface area contributed by atoms with Crippen LogP contribution in [0.3, 0.4) is 0 Å². The number of aryl methyl sites for hydroxylation is 1. The number of hydrogen-bond donors (Lipinski definition) is 1. The van der Waals surface area contributed by atoms with Gasteiger partial charge in [-0.05, 0) is 31.2 Å². The Bertz CT molecular complexity index is 723. The highest BCUT2D eigenvalue weighted by atomic mass is 16.5. The highest BCUT2D eigenvalue weighted by molar-refractivity contribution is 5.92. The van der Waals surface area contributed by atoms with Gasteiger partial charge in [0, 0.05) is 44.3 Å². The number of benzene rings is 1. The number of amides is 1. The lowest BCUT2D eigenvalue weighted by Gasteiger charge is -2.26. The van der Waals surface area contributed by atoms with Gasteiger partial charge in [0.2, 0.25) is 5.91 Å². The van der Waals surface area contributed by atoms with Crippen molar-refractivity contribution in [2.75, 3.05) is 44.8 Å². The molecule has 7 nitrogen and oxygen atoms in total. The second-order valence-electron chi connectivity index (χ2n) is 6.84. The average molecular weight is 372 g/mol. The third kappa shape index (κ3) is 5.80. The Hall–Kier alpha value is -2.38. The fourth-order valence-corrected chi connectivity index (χ4v) is 2.99. The monoisotopic (exact) mass is 372 g/mol. The maximum Gasteiger partial charge on any atom is 0.229 e. The Balaban J connectivity index is 1.42. The normalized spacial score (nSPS) is 16.1. The Kier molecular flexibility index (Phi) is 6.84. The van der Waals surface area contributed by atoms with Gasteiger partial charge in [-0.2, -0.15) is 0 Å². The van der Waals surface area contributed by atoms with Gasteiger partial charge in [-0.25, -0.2) is 4.98 Å². The third-order valence-electron chi connectivity index (χ3n) is 4.74. The molecule has 1 aromatic carbocycles. The molecule has 1 aliphatic rings. The summed E-state index contributed by atoms with van der Waals surface area (Å²) in [6, 6.07) is 7.52. The Labute approximate surface area is 160 Å². The van der Waals surface area contributed by atoms with E-state index in [0.717, 1.165) is 50.1 Å². The van der Waals surface area contributed by atoms with Crippen LogP contribution < -0.4 is 10.1 Å². The molecule has 1 unspecified atom stereocenters. The first-order valence-electron chi connectivity index (χ1n) is 9.43. The van der Waals surface area contributed by atoms with Gasteiger partial charge < -0.3 is 19.4 Å². The molecule has 146 valence electrons. The van der Waals surface area contributed by atoms with Crippen molar-refractivity contribution in [2.45, 2.75) is 20.4 Å². The minimum absolute atomic E-state index is 0.0101. The van der Waals surface area contributed by atoms with Crippen molar-refractivity contribution in [3.63, 3.8) is 0 Å². The van der Waals surface area contributed by atoms with Gasteiger partial charge in [0.1, 0.15) is 18.2 Å². The van der Waals surface area contributed by atoms with E-state index in [1.807, 2.05) is 48.9 Å². The average Bonchev–Trinajstić information content (AvgIpc) is 3.08. The number of nitrogens with zero attached hydrogens (tertiary/aromatic N) is 3. The molecule has 1 atom stereocenters. The summed E-state index contributed by atoms with van der Waals surface area (Å²) in [6.45, 7) is 9.53. The molecule has 0 aliphatic carbocycles. The number of hydrogen-bond acceptors (Lipinski definition) is 5. The van der Waals surface area contributed by atoms with E-state index in [2.05, 4.69) is 15.2 Å². The number of imidazole rings is 1. The molecule has 3 rings (SSSR count). The maximum atomic E-state index is 12.4. The van der Waals surface area contributed by atoms with E-state index in [4.69, 9.17) is 9.47 Å². The van der Waals surface area contributed by atoms with Gasteiger partial charge in [-0.1, -0.05) is 6.92 Å². The molecule has 0 spiro atoms. The summed E-state index contributed by atoms with van der Waals surface area (Å²) < 4.78 is 13.1. The van der Waals surface area contributed by atoms with Crippen molar-refractivity contribution in [1.29, 1.82) is 0 Å². The zero-order valence-corrected chi connectivity index (χ0v) is 16.1. The van der Waals surface area contributed by atoms with Crippen molar-refractivity contribution in [2.24, 2.45) is 5.92 Å². The third-order valence-corrected chi connectivity index (χ3v) is 4.74. The predicted molar refractivity (Wildman–Crippen MR) is 104 cm³/mol. The number of morpholine rings is 1. The van der Waals surface area contributed by atoms with Crippen molar-refractivity contribution >= 4 is 11.6 Å². The molecule has 27 heavy (non-hydrogen) atoms. The van der Waals surface area contributed by atoms with E-state index in [-0.39, 0.29) is 11.8 Å². The first-order chi connectivity index (χ1) is 13.1. The van der Waals surface area contributed by atoms with Gasteiger partial charge in [0.15, 0.2) is 0 Å². The van der Waals surface area contributed by atoms with Crippen LogP contribution in [0.1, 0.15) is 12.7 Å². The van der Waals surface area contributed by atoms with Gasteiger partial charge in [0.05, 0.1) is 19.1 Å². The summed E-state index contributed by atoms with van der Waals surface area (Å²) in [4.78, 5) is 18.9. The molecule has 2 heterocycles. The fourth-order valence-electron chi connectivity index (χ4n) is 2.99. The summed E-state index contributed by atoms with van der Waals surface area (Å²) in [5.41, 5.74) is 0.773. The van der Waals surface area contributed by atoms with E-state index >= 15 is 0 Å². The molecule has 1 N–H and O–H groups in total. The molecule has 1 amide bonds. The van der Waals surface area contributed by atoms with Gasteiger partial charge >= 0.3 is 0 Å². The highest BCUT2D eigenvalue weighted by Crippen LogP contribution is 2.17. The van der Waals surface area contributed by atoms with Crippen molar-refractivity contribution in [1.82, 2.24) is 14.5 Å². The lowest BCUT2D eigenvalue weighted by Crippen LogP contribution is -2.38. The lowest BCUT2D eigenvalue weighted by atomic mass is 10.1. The van der Waals surface area contributed by atoms with E-state index in [1.54, 1.807) is 6.20 Å². The Morgan fingerprint density at radius 2 is 2.04 bits per heavy atom. The van der Waals surface area contributed by atoms with E-state index in [0.29, 0.717) is 13.2 Å². The molecule has 1 saturated heterocycles. The molecule has 2 aromatic rings. The smallest absolute Gasteiger partial charge is 0.229 e. The summed E-state index contributed by atoms with van der Waals surface area (Å²) >= 11 is 0. The van der Waals surface area contributed by atoms with Crippen LogP contribution in [0.25, 0.3) is 0 Å². The van der Waals surface area contributed by atoms with Crippen molar-refractivity contribution < 1.29 is 14.3 Å². The van der Waals surface area contributed by atoms with Gasteiger partial charge in [-0.3, -0.25) is 9.69 Å². The largest absolute Gasteiger partial charge is 0.492 e. The molecular weight excluding hydrogens is 344 g/mol. The molecular formula is C20H28N4O3. The summed E-state index contributed by atoms with van der Waals surface area (Å²) in [7, 11) is 0. The fraction of sp³-hybridized carbons (Fsp3) is 0.500. The topological polar surface area (TPSA) is 68.6 Å². The molecule has 1 fully saturated rings. The Morgan fingerprint density at radius 1 is 1.30 bits per heavy atom. The van der Waals surface area contributed by atoms with Crippen LogP contribution in [0.15, 0.2) is 36.7 Å². The summed E-state index contributed by atoms with van der Waals surface area (Å²) in [6.07, 6.45) is 3.64.